The molecule has 1 N–H and O–H groups in total. The van der Waals surface area contributed by atoms with Crippen molar-refractivity contribution in [2.24, 2.45) is 5.41 Å². The summed E-state index contributed by atoms with van der Waals surface area (Å²) >= 11 is 1.62. The Bertz CT molecular complexity index is 766. The fourth-order valence-corrected chi connectivity index (χ4v) is 4.78. The Morgan fingerprint density at radius 1 is 1.38 bits per heavy atom. The summed E-state index contributed by atoms with van der Waals surface area (Å²) in [6.45, 7) is 4.63. The van der Waals surface area contributed by atoms with Crippen molar-refractivity contribution in [3.8, 4) is 0 Å². The summed E-state index contributed by atoms with van der Waals surface area (Å²) in [5, 5.41) is 0.714. The molecule has 0 aliphatic carbocycles. The summed E-state index contributed by atoms with van der Waals surface area (Å²) in [5.41, 5.74) is 0.297. The monoisotopic (exact) mass is 348 g/mol. The molecule has 0 bridgehead atoms. The summed E-state index contributed by atoms with van der Waals surface area (Å²) in [6, 6.07) is 1.96. The van der Waals surface area contributed by atoms with Crippen LogP contribution in [-0.4, -0.2) is 35.9 Å². The maximum atomic E-state index is 12.3. The van der Waals surface area contributed by atoms with Gasteiger partial charge in [-0.2, -0.15) is 0 Å². The minimum Gasteiger partial charge on any atom is -0.381 e. The highest BCUT2D eigenvalue weighted by Gasteiger charge is 2.37. The molecule has 2 saturated heterocycles. The van der Waals surface area contributed by atoms with Crippen LogP contribution in [0, 0.1) is 5.41 Å². The van der Waals surface area contributed by atoms with E-state index in [1.54, 1.807) is 11.3 Å². The summed E-state index contributed by atoms with van der Waals surface area (Å²) < 4.78 is 11.6. The number of hydrogen-bond donors (Lipinski definition) is 1. The van der Waals surface area contributed by atoms with E-state index in [-0.39, 0.29) is 11.7 Å². The minimum atomic E-state index is -0.0253. The third-order valence-electron chi connectivity index (χ3n) is 5.45. The predicted octanol–water partition coefficient (Wildman–Crippen LogP) is 3.07. The molecule has 130 valence electrons. The van der Waals surface area contributed by atoms with Gasteiger partial charge in [0.15, 0.2) is 0 Å². The summed E-state index contributed by atoms with van der Waals surface area (Å²) in [6.07, 6.45) is 6.22. The molecule has 2 aliphatic rings. The molecule has 1 spiro atoms. The molecule has 5 nitrogen and oxygen atoms in total. The summed E-state index contributed by atoms with van der Waals surface area (Å²) in [5.74, 6) is 0.755. The van der Waals surface area contributed by atoms with Crippen molar-refractivity contribution in [1.29, 1.82) is 0 Å². The van der Waals surface area contributed by atoms with Gasteiger partial charge in [-0.15, -0.1) is 11.3 Å². The standard InChI is InChI=1S/C18H24N2O3S/c1-2-13-10-14-16(21)19-15(20-17(14)24-13)9-12-3-4-18(11-23-12)5-7-22-8-6-18/h10,12H,2-9,11H2,1H3,(H,19,20,21). The largest absolute Gasteiger partial charge is 0.381 e. The van der Waals surface area contributed by atoms with Crippen LogP contribution in [0.4, 0.5) is 0 Å². The number of fused-ring (bicyclic) bond motifs is 1. The van der Waals surface area contributed by atoms with Gasteiger partial charge >= 0.3 is 0 Å². The molecule has 6 heteroatoms. The van der Waals surface area contributed by atoms with Crippen molar-refractivity contribution in [3.05, 3.63) is 27.1 Å². The number of rotatable bonds is 3. The number of aromatic nitrogens is 2. The van der Waals surface area contributed by atoms with Crippen LogP contribution in [0.3, 0.4) is 0 Å². The third kappa shape index (κ3) is 3.15. The predicted molar refractivity (Wildman–Crippen MR) is 94.8 cm³/mol. The lowest BCUT2D eigenvalue weighted by molar-refractivity contribution is -0.105. The van der Waals surface area contributed by atoms with Gasteiger partial charge in [0.25, 0.3) is 5.56 Å². The van der Waals surface area contributed by atoms with E-state index >= 15 is 0 Å². The second kappa shape index (κ2) is 6.58. The van der Waals surface area contributed by atoms with Gasteiger partial charge in [-0.05, 0) is 43.6 Å². The molecule has 2 fully saturated rings. The van der Waals surface area contributed by atoms with E-state index in [1.165, 1.54) is 11.3 Å². The Labute approximate surface area is 145 Å². The van der Waals surface area contributed by atoms with Crippen LogP contribution in [0.2, 0.25) is 0 Å². The third-order valence-corrected chi connectivity index (χ3v) is 6.62. The highest BCUT2D eigenvalue weighted by atomic mass is 32.1. The van der Waals surface area contributed by atoms with Gasteiger partial charge in [-0.3, -0.25) is 4.79 Å². The second-order valence-corrected chi connectivity index (χ2v) is 8.20. The zero-order valence-electron chi connectivity index (χ0n) is 14.1. The number of thiophene rings is 1. The van der Waals surface area contributed by atoms with Gasteiger partial charge in [0.1, 0.15) is 10.7 Å². The van der Waals surface area contributed by atoms with Gasteiger partial charge in [-0.25, -0.2) is 4.98 Å². The first-order chi connectivity index (χ1) is 11.7. The molecular weight excluding hydrogens is 324 g/mol. The fraction of sp³-hybridized carbons (Fsp3) is 0.667. The molecule has 4 heterocycles. The van der Waals surface area contributed by atoms with Crippen LogP contribution in [0.15, 0.2) is 10.9 Å². The van der Waals surface area contributed by atoms with Crippen molar-refractivity contribution in [1.82, 2.24) is 9.97 Å². The fourth-order valence-electron chi connectivity index (χ4n) is 3.79. The Balaban J connectivity index is 1.46. The highest BCUT2D eigenvalue weighted by Crippen LogP contribution is 2.40. The molecule has 0 radical (unpaired) electrons. The number of ether oxygens (including phenoxy) is 2. The highest BCUT2D eigenvalue weighted by molar-refractivity contribution is 7.18. The average Bonchev–Trinajstić information content (AvgIpc) is 3.02. The van der Waals surface area contributed by atoms with Crippen molar-refractivity contribution >= 4 is 21.6 Å². The van der Waals surface area contributed by atoms with Crippen LogP contribution in [0.1, 0.15) is 43.3 Å². The van der Waals surface area contributed by atoms with Crippen molar-refractivity contribution in [2.45, 2.75) is 51.6 Å². The first-order valence-corrected chi connectivity index (χ1v) is 9.70. The SMILES string of the molecule is CCc1cc2c(=O)[nH]c(CC3CCC4(CCOCC4)CO3)nc2s1. The Hall–Kier alpha value is -1.24. The molecule has 2 aromatic heterocycles. The van der Waals surface area contributed by atoms with Gasteiger partial charge in [-0.1, -0.05) is 6.92 Å². The lowest BCUT2D eigenvalue weighted by Crippen LogP contribution is -2.41. The maximum Gasteiger partial charge on any atom is 0.259 e. The lowest BCUT2D eigenvalue weighted by atomic mass is 9.75. The molecule has 0 aromatic carbocycles. The van der Waals surface area contributed by atoms with Crippen LogP contribution in [-0.2, 0) is 22.3 Å². The van der Waals surface area contributed by atoms with E-state index in [0.29, 0.717) is 17.2 Å². The maximum absolute atomic E-state index is 12.3. The van der Waals surface area contributed by atoms with Gasteiger partial charge < -0.3 is 14.5 Å². The number of hydrogen-bond acceptors (Lipinski definition) is 5. The van der Waals surface area contributed by atoms with Crippen molar-refractivity contribution < 1.29 is 9.47 Å². The van der Waals surface area contributed by atoms with E-state index < -0.39 is 0 Å². The number of nitrogens with one attached hydrogen (secondary N) is 1. The van der Waals surface area contributed by atoms with Gasteiger partial charge in [0.05, 0.1) is 18.1 Å². The van der Waals surface area contributed by atoms with Crippen LogP contribution in [0.25, 0.3) is 10.2 Å². The molecule has 0 amide bonds. The Morgan fingerprint density at radius 2 is 2.21 bits per heavy atom. The molecule has 24 heavy (non-hydrogen) atoms. The van der Waals surface area contributed by atoms with Gasteiger partial charge in [0.2, 0.25) is 0 Å². The number of aryl methyl sites for hydroxylation is 1. The van der Waals surface area contributed by atoms with E-state index in [1.807, 2.05) is 6.07 Å². The van der Waals surface area contributed by atoms with Gasteiger partial charge in [0, 0.05) is 24.5 Å². The molecule has 1 unspecified atom stereocenters. The van der Waals surface area contributed by atoms with Crippen LogP contribution in [0.5, 0.6) is 0 Å². The number of H-pyrrole nitrogens is 1. The first-order valence-electron chi connectivity index (χ1n) is 8.88. The number of nitrogens with zero attached hydrogens (tertiary/aromatic N) is 1. The summed E-state index contributed by atoms with van der Waals surface area (Å²) in [7, 11) is 0. The molecule has 1 atom stereocenters. The molecule has 0 saturated carbocycles. The average molecular weight is 348 g/mol. The van der Waals surface area contributed by atoms with E-state index in [4.69, 9.17) is 9.47 Å². The zero-order valence-corrected chi connectivity index (χ0v) is 14.9. The van der Waals surface area contributed by atoms with E-state index in [9.17, 15) is 4.79 Å². The topological polar surface area (TPSA) is 64.2 Å². The van der Waals surface area contributed by atoms with E-state index in [0.717, 1.165) is 56.2 Å². The first kappa shape index (κ1) is 16.2. The Morgan fingerprint density at radius 3 is 2.92 bits per heavy atom. The summed E-state index contributed by atoms with van der Waals surface area (Å²) in [4.78, 5) is 21.9. The smallest absolute Gasteiger partial charge is 0.259 e. The second-order valence-electron chi connectivity index (χ2n) is 7.09. The Kier molecular flexibility index (Phi) is 4.45. The molecular formula is C18H24N2O3S. The molecule has 2 aliphatic heterocycles. The van der Waals surface area contributed by atoms with E-state index in [2.05, 4.69) is 16.9 Å². The minimum absolute atomic E-state index is 0.0253. The lowest BCUT2D eigenvalue weighted by Gasteiger charge is -2.42. The quantitative estimate of drug-likeness (QED) is 0.926. The number of aromatic amines is 1. The van der Waals surface area contributed by atoms with Crippen LogP contribution >= 0.6 is 11.3 Å². The molecule has 4 rings (SSSR count). The van der Waals surface area contributed by atoms with Crippen LogP contribution < -0.4 is 5.56 Å². The normalized spacial score (nSPS) is 23.8. The van der Waals surface area contributed by atoms with Crippen molar-refractivity contribution in [2.75, 3.05) is 19.8 Å². The molecule has 2 aromatic rings. The van der Waals surface area contributed by atoms with Crippen molar-refractivity contribution in [3.63, 3.8) is 0 Å². The zero-order chi connectivity index (χ0) is 16.6.